The molecule has 2 N–H and O–H groups in total. The van der Waals surface area contributed by atoms with Crippen molar-refractivity contribution in [2.45, 2.75) is 50.7 Å². The number of hydrogen-bond donors (Lipinski definition) is 2. The number of thioether (sulfide) groups is 1. The Morgan fingerprint density at radius 3 is 3.00 bits per heavy atom. The number of amides is 1. The van der Waals surface area contributed by atoms with E-state index in [9.17, 15) is 4.79 Å². The minimum Gasteiger partial charge on any atom is -0.494 e. The second-order valence-electron chi connectivity index (χ2n) is 7.28. The summed E-state index contributed by atoms with van der Waals surface area (Å²) in [6.45, 7) is 4.78. The van der Waals surface area contributed by atoms with Gasteiger partial charge in [-0.15, -0.1) is 10.2 Å². The molecule has 2 aromatic heterocycles. The first-order valence-electron chi connectivity index (χ1n) is 9.85. The van der Waals surface area contributed by atoms with Crippen LogP contribution in [0.2, 0.25) is 0 Å². The van der Waals surface area contributed by atoms with Gasteiger partial charge in [-0.25, -0.2) is 4.98 Å². The van der Waals surface area contributed by atoms with E-state index >= 15 is 0 Å². The summed E-state index contributed by atoms with van der Waals surface area (Å²) in [4.78, 5) is 20.1. The highest BCUT2D eigenvalue weighted by atomic mass is 32.2. The molecule has 0 spiro atoms. The van der Waals surface area contributed by atoms with Crippen LogP contribution in [0.25, 0.3) is 22.1 Å². The van der Waals surface area contributed by atoms with Gasteiger partial charge in [0.2, 0.25) is 11.1 Å². The molecule has 1 amide bonds. The maximum absolute atomic E-state index is 12.3. The largest absolute Gasteiger partial charge is 0.494 e. The summed E-state index contributed by atoms with van der Waals surface area (Å²) in [5, 5.41) is 13.1. The van der Waals surface area contributed by atoms with E-state index in [0.29, 0.717) is 34.6 Å². The summed E-state index contributed by atoms with van der Waals surface area (Å²) < 4.78 is 5.56. The summed E-state index contributed by atoms with van der Waals surface area (Å²) >= 11 is 1.31. The summed E-state index contributed by atoms with van der Waals surface area (Å²) in [6, 6.07) is 6.10. The summed E-state index contributed by atoms with van der Waals surface area (Å²) in [6.07, 6.45) is 4.71. The van der Waals surface area contributed by atoms with E-state index in [0.717, 1.165) is 23.1 Å². The standard InChI is InChI=1S/C20H25N5O2S/c1-3-27-13-8-9-16-14(10-13)18-19(22-16)23-20(25-24-18)28-11-17(26)21-15-7-5-4-6-12(15)2/h8-10,12,15H,3-7,11H2,1-2H3,(H,21,26)(H,22,23,25). The third-order valence-corrected chi connectivity index (χ3v) is 6.11. The Labute approximate surface area is 168 Å². The number of nitrogens with one attached hydrogen (secondary N) is 2. The third-order valence-electron chi connectivity index (χ3n) is 5.27. The van der Waals surface area contributed by atoms with Gasteiger partial charge in [0.1, 0.15) is 11.3 Å². The van der Waals surface area contributed by atoms with Crippen molar-refractivity contribution >= 4 is 39.7 Å². The van der Waals surface area contributed by atoms with Crippen LogP contribution in [0, 0.1) is 5.92 Å². The van der Waals surface area contributed by atoms with Gasteiger partial charge in [-0.2, -0.15) is 0 Å². The average molecular weight is 400 g/mol. The van der Waals surface area contributed by atoms with Crippen LogP contribution in [0.3, 0.4) is 0 Å². The molecule has 1 aliphatic rings. The van der Waals surface area contributed by atoms with Gasteiger partial charge < -0.3 is 15.0 Å². The van der Waals surface area contributed by atoms with Crippen molar-refractivity contribution in [3.05, 3.63) is 18.2 Å². The summed E-state index contributed by atoms with van der Waals surface area (Å²) in [5.41, 5.74) is 2.32. The molecule has 28 heavy (non-hydrogen) atoms. The maximum atomic E-state index is 12.3. The van der Waals surface area contributed by atoms with Gasteiger partial charge in [0.05, 0.1) is 12.4 Å². The fraction of sp³-hybridized carbons (Fsp3) is 0.500. The van der Waals surface area contributed by atoms with Gasteiger partial charge in [-0.05, 0) is 43.9 Å². The molecule has 1 fully saturated rings. The van der Waals surface area contributed by atoms with Gasteiger partial charge in [-0.1, -0.05) is 31.5 Å². The quantitative estimate of drug-likeness (QED) is 0.614. The van der Waals surface area contributed by atoms with E-state index in [-0.39, 0.29) is 11.9 Å². The Hall–Kier alpha value is -2.35. The van der Waals surface area contributed by atoms with Crippen LogP contribution in [0.15, 0.2) is 23.4 Å². The minimum absolute atomic E-state index is 0.0328. The molecule has 1 saturated carbocycles. The smallest absolute Gasteiger partial charge is 0.230 e. The van der Waals surface area contributed by atoms with E-state index in [1.807, 2.05) is 25.1 Å². The zero-order valence-electron chi connectivity index (χ0n) is 16.2. The zero-order chi connectivity index (χ0) is 19.5. The molecule has 2 atom stereocenters. The van der Waals surface area contributed by atoms with E-state index in [2.05, 4.69) is 32.4 Å². The fourth-order valence-electron chi connectivity index (χ4n) is 3.76. The number of hydrogen-bond acceptors (Lipinski definition) is 6. The molecule has 0 radical (unpaired) electrons. The molecule has 1 aromatic carbocycles. The Morgan fingerprint density at radius 1 is 1.32 bits per heavy atom. The normalized spacial score (nSPS) is 19.8. The highest BCUT2D eigenvalue weighted by Gasteiger charge is 2.23. The molecular formula is C20H25N5O2S. The highest BCUT2D eigenvalue weighted by Crippen LogP contribution is 2.27. The third kappa shape index (κ3) is 4.06. The molecule has 0 bridgehead atoms. The minimum atomic E-state index is 0.0328. The van der Waals surface area contributed by atoms with Crippen LogP contribution >= 0.6 is 11.8 Å². The van der Waals surface area contributed by atoms with Gasteiger partial charge >= 0.3 is 0 Å². The predicted molar refractivity (Wildman–Crippen MR) is 111 cm³/mol. The fourth-order valence-corrected chi connectivity index (χ4v) is 4.36. The molecule has 3 aromatic rings. The molecule has 0 aliphatic heterocycles. The first kappa shape index (κ1) is 19.0. The molecule has 148 valence electrons. The molecule has 7 nitrogen and oxygen atoms in total. The van der Waals surface area contributed by atoms with Crippen molar-refractivity contribution in [2.24, 2.45) is 5.92 Å². The Morgan fingerprint density at radius 2 is 2.18 bits per heavy atom. The van der Waals surface area contributed by atoms with E-state index in [1.54, 1.807) is 0 Å². The van der Waals surface area contributed by atoms with Crippen molar-refractivity contribution in [2.75, 3.05) is 12.4 Å². The van der Waals surface area contributed by atoms with Crippen LogP contribution in [0.1, 0.15) is 39.5 Å². The Balaban J connectivity index is 1.44. The second-order valence-corrected chi connectivity index (χ2v) is 8.22. The molecule has 2 heterocycles. The van der Waals surface area contributed by atoms with E-state index < -0.39 is 0 Å². The SMILES string of the molecule is CCOc1ccc2[nH]c3nc(SCC(=O)NC4CCCCC4C)nnc3c2c1. The molecule has 8 heteroatoms. The summed E-state index contributed by atoms with van der Waals surface area (Å²) in [5.74, 6) is 1.67. The number of carbonyl (C=O) groups excluding carboxylic acids is 1. The highest BCUT2D eigenvalue weighted by molar-refractivity contribution is 7.99. The number of rotatable bonds is 6. The van der Waals surface area contributed by atoms with Gasteiger partial charge in [-0.3, -0.25) is 4.79 Å². The molecule has 0 saturated heterocycles. The van der Waals surface area contributed by atoms with Crippen molar-refractivity contribution in [1.82, 2.24) is 25.5 Å². The average Bonchev–Trinajstić information content (AvgIpc) is 3.05. The lowest BCUT2D eigenvalue weighted by atomic mass is 9.86. The number of aromatic amines is 1. The number of benzene rings is 1. The lowest BCUT2D eigenvalue weighted by Gasteiger charge is -2.29. The maximum Gasteiger partial charge on any atom is 0.230 e. The van der Waals surface area contributed by atoms with Gasteiger partial charge in [0.15, 0.2) is 5.65 Å². The Kier molecular flexibility index (Phi) is 5.66. The van der Waals surface area contributed by atoms with Crippen LogP contribution in [0.4, 0.5) is 0 Å². The molecular weight excluding hydrogens is 374 g/mol. The predicted octanol–water partition coefficient (Wildman–Crippen LogP) is 3.69. The van der Waals surface area contributed by atoms with Crippen LogP contribution in [-0.2, 0) is 4.79 Å². The number of nitrogens with zero attached hydrogens (tertiary/aromatic N) is 3. The zero-order valence-corrected chi connectivity index (χ0v) is 17.0. The van der Waals surface area contributed by atoms with Crippen LogP contribution in [-0.4, -0.2) is 44.5 Å². The summed E-state index contributed by atoms with van der Waals surface area (Å²) in [7, 11) is 0. The first-order valence-corrected chi connectivity index (χ1v) is 10.8. The second kappa shape index (κ2) is 8.34. The lowest BCUT2D eigenvalue weighted by Crippen LogP contribution is -2.41. The number of fused-ring (bicyclic) bond motifs is 3. The monoisotopic (exact) mass is 399 g/mol. The van der Waals surface area contributed by atoms with Gasteiger partial charge in [0, 0.05) is 16.9 Å². The number of aromatic nitrogens is 4. The van der Waals surface area contributed by atoms with Crippen molar-refractivity contribution in [1.29, 1.82) is 0 Å². The van der Waals surface area contributed by atoms with Crippen molar-refractivity contribution < 1.29 is 9.53 Å². The van der Waals surface area contributed by atoms with Gasteiger partial charge in [0.25, 0.3) is 0 Å². The van der Waals surface area contributed by atoms with E-state index in [4.69, 9.17) is 4.74 Å². The topological polar surface area (TPSA) is 92.8 Å². The lowest BCUT2D eigenvalue weighted by molar-refractivity contribution is -0.119. The molecule has 2 unspecified atom stereocenters. The van der Waals surface area contributed by atoms with Crippen LogP contribution < -0.4 is 10.1 Å². The van der Waals surface area contributed by atoms with E-state index in [1.165, 1.54) is 31.0 Å². The number of ether oxygens (including phenoxy) is 1. The van der Waals surface area contributed by atoms with Crippen molar-refractivity contribution in [3.8, 4) is 5.75 Å². The van der Waals surface area contributed by atoms with Crippen LogP contribution in [0.5, 0.6) is 5.75 Å². The van der Waals surface area contributed by atoms with Crippen molar-refractivity contribution in [3.63, 3.8) is 0 Å². The Bertz CT molecular complexity index is 989. The molecule has 1 aliphatic carbocycles. The first-order chi connectivity index (χ1) is 13.6. The number of H-pyrrole nitrogens is 1. The number of carbonyl (C=O) groups is 1. The molecule has 4 rings (SSSR count).